The van der Waals surface area contributed by atoms with Crippen LogP contribution in [0.3, 0.4) is 0 Å². The Kier molecular flexibility index (Phi) is 5.54. The number of benzene rings is 1. The van der Waals surface area contributed by atoms with E-state index in [-0.39, 0.29) is 17.5 Å². The molecule has 0 aliphatic rings. The molecule has 1 N–H and O–H groups in total. The van der Waals surface area contributed by atoms with Crippen molar-refractivity contribution in [3.05, 3.63) is 47.0 Å². The molecule has 0 amide bonds. The number of nitrogens with one attached hydrogen (secondary N) is 1. The van der Waals surface area contributed by atoms with Gasteiger partial charge in [-0.1, -0.05) is 12.1 Å². The zero-order chi connectivity index (χ0) is 19.6. The topological polar surface area (TPSA) is 86.6 Å². The number of ether oxygens (including phenoxy) is 2. The van der Waals surface area contributed by atoms with Gasteiger partial charge in [0.25, 0.3) is 10.0 Å². The fourth-order valence-corrected chi connectivity index (χ4v) is 4.91. The summed E-state index contributed by atoms with van der Waals surface area (Å²) in [5.41, 5.74) is 2.15. The molecule has 0 saturated heterocycles. The van der Waals surface area contributed by atoms with E-state index < -0.39 is 16.0 Å². The Morgan fingerprint density at radius 2 is 2.07 bits per heavy atom. The summed E-state index contributed by atoms with van der Waals surface area (Å²) in [5, 5.41) is 2.45. The quantitative estimate of drug-likeness (QED) is 0.604. The minimum Gasteiger partial charge on any atom is -0.461 e. The van der Waals surface area contributed by atoms with Crippen LogP contribution >= 0.6 is 11.3 Å². The number of fused-ring (bicyclic) bond motifs is 1. The van der Waals surface area contributed by atoms with Crippen LogP contribution in [0, 0.1) is 6.92 Å². The molecular formula is C18H20N2O5S2. The average molecular weight is 409 g/mol. The first-order chi connectivity index (χ1) is 12.9. The molecule has 0 radical (unpaired) electrons. The molecule has 2 heterocycles. The van der Waals surface area contributed by atoms with Gasteiger partial charge in [-0.2, -0.15) is 0 Å². The maximum absolute atomic E-state index is 12.7. The number of thiophene rings is 1. The standard InChI is InChI=1S/C18H20N2O5S2/c1-4-25-18(21)15-10-13-12(2)7-8-14(17(13)20(15)11-24-3)19-27(22,23)16-6-5-9-26-16/h5-10,19H,4,11H2,1-3H3. The van der Waals surface area contributed by atoms with E-state index in [1.54, 1.807) is 41.1 Å². The molecule has 144 valence electrons. The summed E-state index contributed by atoms with van der Waals surface area (Å²) < 4.78 is 40.2. The van der Waals surface area contributed by atoms with E-state index in [9.17, 15) is 13.2 Å². The summed E-state index contributed by atoms with van der Waals surface area (Å²) in [6.45, 7) is 3.94. The van der Waals surface area contributed by atoms with Crippen molar-refractivity contribution in [2.75, 3.05) is 18.4 Å². The lowest BCUT2D eigenvalue weighted by Crippen LogP contribution is -2.15. The van der Waals surface area contributed by atoms with Gasteiger partial charge in [-0.15, -0.1) is 11.3 Å². The van der Waals surface area contributed by atoms with Crippen LogP contribution in [-0.4, -0.2) is 32.7 Å². The van der Waals surface area contributed by atoms with Gasteiger partial charge in [0.2, 0.25) is 0 Å². The van der Waals surface area contributed by atoms with Crippen molar-refractivity contribution in [2.45, 2.75) is 24.8 Å². The van der Waals surface area contributed by atoms with Crippen LogP contribution in [0.1, 0.15) is 23.0 Å². The highest BCUT2D eigenvalue weighted by molar-refractivity contribution is 7.94. The molecular weight excluding hydrogens is 388 g/mol. The number of aryl methyl sites for hydroxylation is 1. The van der Waals surface area contributed by atoms with Crippen molar-refractivity contribution in [3.63, 3.8) is 0 Å². The third-order valence-corrected chi connectivity index (χ3v) is 6.79. The molecule has 1 aromatic carbocycles. The molecule has 2 aromatic heterocycles. The summed E-state index contributed by atoms with van der Waals surface area (Å²) in [6.07, 6.45) is 0. The number of hydrogen-bond acceptors (Lipinski definition) is 6. The fraction of sp³-hybridized carbons (Fsp3) is 0.278. The Hall–Kier alpha value is -2.36. The number of methoxy groups -OCH3 is 1. The largest absolute Gasteiger partial charge is 0.461 e. The van der Waals surface area contributed by atoms with E-state index in [1.807, 2.05) is 6.92 Å². The van der Waals surface area contributed by atoms with Crippen molar-refractivity contribution >= 4 is 43.9 Å². The maximum Gasteiger partial charge on any atom is 0.355 e. The molecule has 0 saturated carbocycles. The number of anilines is 1. The highest BCUT2D eigenvalue weighted by Crippen LogP contribution is 2.32. The fourth-order valence-electron chi connectivity index (χ4n) is 2.85. The second-order valence-corrected chi connectivity index (χ2v) is 8.68. The van der Waals surface area contributed by atoms with Crippen LogP contribution in [0.4, 0.5) is 5.69 Å². The third kappa shape index (κ3) is 3.71. The van der Waals surface area contributed by atoms with Crippen LogP contribution in [0.15, 0.2) is 39.9 Å². The van der Waals surface area contributed by atoms with Gasteiger partial charge in [-0.3, -0.25) is 4.72 Å². The number of esters is 1. The molecule has 3 aromatic rings. The number of rotatable bonds is 7. The molecule has 0 unspecified atom stereocenters. The minimum absolute atomic E-state index is 0.0782. The number of sulfonamides is 1. The number of carbonyl (C=O) groups is 1. The van der Waals surface area contributed by atoms with Gasteiger partial charge >= 0.3 is 5.97 Å². The lowest BCUT2D eigenvalue weighted by Gasteiger charge is -2.14. The summed E-state index contributed by atoms with van der Waals surface area (Å²) >= 11 is 1.13. The monoisotopic (exact) mass is 408 g/mol. The molecule has 0 bridgehead atoms. The summed E-state index contributed by atoms with van der Waals surface area (Å²) in [7, 11) is -2.22. The first-order valence-corrected chi connectivity index (χ1v) is 10.6. The highest BCUT2D eigenvalue weighted by atomic mass is 32.2. The summed E-state index contributed by atoms with van der Waals surface area (Å²) in [6, 6.07) is 8.41. The van der Waals surface area contributed by atoms with E-state index in [0.29, 0.717) is 16.9 Å². The van der Waals surface area contributed by atoms with Crippen molar-refractivity contribution in [3.8, 4) is 0 Å². The van der Waals surface area contributed by atoms with E-state index in [4.69, 9.17) is 9.47 Å². The molecule has 3 rings (SSSR count). The van der Waals surface area contributed by atoms with Crippen LogP contribution < -0.4 is 4.72 Å². The van der Waals surface area contributed by atoms with Gasteiger partial charge < -0.3 is 14.0 Å². The third-order valence-electron chi connectivity index (χ3n) is 4.02. The summed E-state index contributed by atoms with van der Waals surface area (Å²) in [4.78, 5) is 12.4. The number of carbonyl (C=O) groups excluding carboxylic acids is 1. The molecule has 0 aliphatic carbocycles. The van der Waals surface area contributed by atoms with Gasteiger partial charge in [0, 0.05) is 12.5 Å². The van der Waals surface area contributed by atoms with E-state index in [2.05, 4.69) is 4.72 Å². The Bertz CT molecular complexity index is 1070. The Morgan fingerprint density at radius 1 is 1.30 bits per heavy atom. The van der Waals surface area contributed by atoms with Crippen molar-refractivity contribution in [1.29, 1.82) is 0 Å². The van der Waals surface area contributed by atoms with Crippen molar-refractivity contribution in [1.82, 2.24) is 4.57 Å². The van der Waals surface area contributed by atoms with Crippen molar-refractivity contribution < 1.29 is 22.7 Å². The van der Waals surface area contributed by atoms with Crippen LogP contribution in [0.5, 0.6) is 0 Å². The Balaban J connectivity index is 2.19. The number of aromatic nitrogens is 1. The second-order valence-electron chi connectivity index (χ2n) is 5.83. The Labute approximate surface area is 161 Å². The molecule has 0 fully saturated rings. The SMILES string of the molecule is CCOC(=O)c1cc2c(C)ccc(NS(=O)(=O)c3cccs3)c2n1COC. The van der Waals surface area contributed by atoms with E-state index in [1.165, 1.54) is 13.2 Å². The molecule has 0 atom stereocenters. The van der Waals surface area contributed by atoms with Gasteiger partial charge in [0.05, 0.1) is 17.8 Å². The van der Waals surface area contributed by atoms with Crippen LogP contribution in [0.25, 0.3) is 10.9 Å². The number of hydrogen-bond donors (Lipinski definition) is 1. The highest BCUT2D eigenvalue weighted by Gasteiger charge is 2.23. The van der Waals surface area contributed by atoms with Gasteiger partial charge in [-0.05, 0) is 43.0 Å². The van der Waals surface area contributed by atoms with Gasteiger partial charge in [0.1, 0.15) is 16.6 Å². The first-order valence-electron chi connectivity index (χ1n) is 8.24. The number of nitrogens with zero attached hydrogens (tertiary/aromatic N) is 1. The smallest absolute Gasteiger partial charge is 0.355 e. The van der Waals surface area contributed by atoms with E-state index in [0.717, 1.165) is 22.3 Å². The minimum atomic E-state index is -3.73. The predicted octanol–water partition coefficient (Wildman–Crippen LogP) is 3.59. The van der Waals surface area contributed by atoms with Crippen LogP contribution in [0.2, 0.25) is 0 Å². The van der Waals surface area contributed by atoms with E-state index >= 15 is 0 Å². The molecule has 27 heavy (non-hydrogen) atoms. The molecule has 7 nitrogen and oxygen atoms in total. The molecule has 0 spiro atoms. The van der Waals surface area contributed by atoms with Gasteiger partial charge in [0.15, 0.2) is 0 Å². The molecule has 9 heteroatoms. The Morgan fingerprint density at radius 3 is 2.70 bits per heavy atom. The zero-order valence-corrected chi connectivity index (χ0v) is 16.8. The zero-order valence-electron chi connectivity index (χ0n) is 15.2. The molecule has 0 aliphatic heterocycles. The summed E-state index contributed by atoms with van der Waals surface area (Å²) in [5.74, 6) is -0.489. The van der Waals surface area contributed by atoms with Crippen molar-refractivity contribution in [2.24, 2.45) is 0 Å². The lowest BCUT2D eigenvalue weighted by molar-refractivity contribution is 0.0496. The predicted molar refractivity (Wildman–Crippen MR) is 105 cm³/mol. The normalized spacial score (nSPS) is 11.7. The first kappa shape index (κ1) is 19.4. The average Bonchev–Trinajstić information content (AvgIpc) is 3.27. The van der Waals surface area contributed by atoms with Crippen LogP contribution in [-0.2, 0) is 26.2 Å². The van der Waals surface area contributed by atoms with Gasteiger partial charge in [-0.25, -0.2) is 13.2 Å². The lowest BCUT2D eigenvalue weighted by atomic mass is 10.1. The second kappa shape index (κ2) is 7.71. The maximum atomic E-state index is 12.7.